The van der Waals surface area contributed by atoms with E-state index in [9.17, 15) is 36.9 Å². The van der Waals surface area contributed by atoms with Crippen LogP contribution >= 0.6 is 0 Å². The Labute approximate surface area is 275 Å². The van der Waals surface area contributed by atoms with Crippen molar-refractivity contribution in [2.45, 2.75) is 25.3 Å². The molecule has 3 unspecified atom stereocenters. The number of alkyl halides is 6. The van der Waals surface area contributed by atoms with Crippen molar-refractivity contribution in [1.29, 1.82) is 10.5 Å². The summed E-state index contributed by atoms with van der Waals surface area (Å²) in [7, 11) is 0. The Bertz CT molecular complexity index is 2190. The number of benzene rings is 4. The van der Waals surface area contributed by atoms with Crippen LogP contribution in [0.4, 0.5) is 26.3 Å². The summed E-state index contributed by atoms with van der Waals surface area (Å²) >= 11 is 0. The van der Waals surface area contributed by atoms with Gasteiger partial charge >= 0.3 is 12.4 Å². The molecule has 0 heterocycles. The number of hydrogen-bond acceptors (Lipinski definition) is 6. The van der Waals surface area contributed by atoms with Crippen LogP contribution in [-0.4, -0.2) is 11.9 Å². The molecule has 0 aliphatic heterocycles. The number of allylic oxidation sites excluding steroid dienone is 3. The number of aliphatic imine (C=N–C) groups is 1. The van der Waals surface area contributed by atoms with Gasteiger partial charge in [-0.3, -0.25) is 0 Å². The topological polar surface area (TPSA) is 90.4 Å². The molecule has 244 valence electrons. The molecule has 1 N–H and O–H groups in total. The van der Waals surface area contributed by atoms with Crippen LogP contribution in [0.15, 0.2) is 102 Å². The van der Waals surface area contributed by atoms with Gasteiger partial charge in [-0.25, -0.2) is 0 Å². The molecule has 0 aromatic heterocycles. The predicted molar refractivity (Wildman–Crippen MR) is 167 cm³/mol. The molecule has 0 radical (unpaired) electrons. The van der Waals surface area contributed by atoms with E-state index in [-0.39, 0.29) is 11.5 Å². The largest absolute Gasteiger partial charge is 0.458 e. The molecule has 4 aromatic carbocycles. The molecule has 0 bridgehead atoms. The number of nitrogens with one attached hydrogen (secondary N) is 1. The van der Waals surface area contributed by atoms with Crippen molar-refractivity contribution in [3.63, 3.8) is 0 Å². The third-order valence-electron chi connectivity index (χ3n) is 8.78. The Balaban J connectivity index is 1.21. The standard InChI is InChI=1S/C37H22F6N4O2/c1-19-12-22(8-11-33(19)37(41,42)43)49-24-7-10-26-28-16-31-27(15-32(28)35(47-18-45)30(26)14-24)25-9-6-23(13-29(25)34(31)46-17-44)48-21-4-2-20(3-5-21)36(38,39)40/h2-16,19,33-34,46H,1H3/b47-35+. The summed E-state index contributed by atoms with van der Waals surface area (Å²) < 4.78 is 90.7. The van der Waals surface area contributed by atoms with Gasteiger partial charge in [0.1, 0.15) is 23.0 Å². The Morgan fingerprint density at radius 3 is 2.02 bits per heavy atom. The second-order valence-electron chi connectivity index (χ2n) is 11.8. The van der Waals surface area contributed by atoms with Gasteiger partial charge in [0.25, 0.3) is 0 Å². The van der Waals surface area contributed by atoms with Crippen molar-refractivity contribution in [2.24, 2.45) is 16.8 Å². The summed E-state index contributed by atoms with van der Waals surface area (Å²) in [6, 6.07) is 17.9. The van der Waals surface area contributed by atoms with Crippen molar-refractivity contribution in [1.82, 2.24) is 5.32 Å². The number of halogens is 6. The number of fused-ring (bicyclic) bond motifs is 6. The smallest absolute Gasteiger partial charge is 0.416 e. The maximum atomic E-state index is 13.3. The maximum Gasteiger partial charge on any atom is 0.416 e. The van der Waals surface area contributed by atoms with Crippen molar-refractivity contribution in [3.05, 3.63) is 125 Å². The van der Waals surface area contributed by atoms with E-state index in [0.29, 0.717) is 33.9 Å². The van der Waals surface area contributed by atoms with Gasteiger partial charge in [0.05, 0.1) is 23.2 Å². The second kappa shape index (κ2) is 11.6. The molecule has 0 saturated carbocycles. The summed E-state index contributed by atoms with van der Waals surface area (Å²) in [4.78, 5) is 4.12. The Morgan fingerprint density at radius 2 is 1.37 bits per heavy atom. The van der Waals surface area contributed by atoms with Crippen LogP contribution in [0.5, 0.6) is 17.2 Å². The van der Waals surface area contributed by atoms with Crippen LogP contribution in [0.3, 0.4) is 0 Å². The minimum atomic E-state index is -4.47. The summed E-state index contributed by atoms with van der Waals surface area (Å²) in [5.74, 6) is -1.23. The molecule has 0 spiro atoms. The van der Waals surface area contributed by atoms with Gasteiger partial charge in [0.2, 0.25) is 6.19 Å². The SMILES string of the molecule is CC1C=C(Oc2ccc3c(c2)/C(=N\C#N)c2cc4c(cc2-3)C(NC#N)c2cc(Oc3ccc(C(F)(F)F)cc3)ccc2-4)C=CC1C(F)(F)F. The number of nitrogens with zero attached hydrogens (tertiary/aromatic N) is 3. The molecule has 49 heavy (non-hydrogen) atoms. The molecule has 3 atom stereocenters. The van der Waals surface area contributed by atoms with Crippen LogP contribution in [0.25, 0.3) is 22.3 Å². The highest BCUT2D eigenvalue weighted by molar-refractivity contribution is 6.25. The van der Waals surface area contributed by atoms with E-state index in [2.05, 4.69) is 10.3 Å². The van der Waals surface area contributed by atoms with Crippen LogP contribution in [0, 0.1) is 34.7 Å². The van der Waals surface area contributed by atoms with Crippen LogP contribution in [-0.2, 0) is 6.18 Å². The molecule has 7 rings (SSSR count). The van der Waals surface area contributed by atoms with E-state index in [1.807, 2.05) is 24.5 Å². The van der Waals surface area contributed by atoms with E-state index >= 15 is 0 Å². The summed E-state index contributed by atoms with van der Waals surface area (Å²) in [5.41, 5.74) is 5.41. The maximum absolute atomic E-state index is 13.3. The third-order valence-corrected chi connectivity index (χ3v) is 8.78. The average Bonchev–Trinajstić information content (AvgIpc) is 3.50. The van der Waals surface area contributed by atoms with Crippen LogP contribution in [0.1, 0.15) is 40.8 Å². The normalized spacial score (nSPS) is 19.6. The highest BCUT2D eigenvalue weighted by Crippen LogP contribution is 2.50. The quantitative estimate of drug-likeness (QED) is 0.114. The molecular formula is C37H22F6N4O2. The van der Waals surface area contributed by atoms with Crippen molar-refractivity contribution >= 4 is 5.71 Å². The fraction of sp³-hybridized carbons (Fsp3) is 0.162. The molecule has 0 saturated heterocycles. The first-order valence-corrected chi connectivity index (χ1v) is 14.9. The number of ether oxygens (including phenoxy) is 2. The zero-order valence-electron chi connectivity index (χ0n) is 25.3. The summed E-state index contributed by atoms with van der Waals surface area (Å²) in [6.07, 6.45) is -1.17. The van der Waals surface area contributed by atoms with Gasteiger partial charge in [0.15, 0.2) is 6.19 Å². The zero-order chi connectivity index (χ0) is 34.7. The van der Waals surface area contributed by atoms with Crippen LogP contribution in [0.2, 0.25) is 0 Å². The highest BCUT2D eigenvalue weighted by atomic mass is 19.4. The van der Waals surface area contributed by atoms with Gasteiger partial charge in [-0.05, 0) is 118 Å². The lowest BCUT2D eigenvalue weighted by atomic mass is 9.89. The molecule has 12 heteroatoms. The lowest BCUT2D eigenvalue weighted by Gasteiger charge is -2.25. The number of rotatable bonds is 5. The lowest BCUT2D eigenvalue weighted by molar-refractivity contribution is -0.169. The number of nitriles is 2. The zero-order valence-corrected chi connectivity index (χ0v) is 25.3. The molecule has 4 aromatic rings. The minimum absolute atomic E-state index is 0.209. The van der Waals surface area contributed by atoms with Gasteiger partial charge in [-0.2, -0.15) is 41.9 Å². The highest BCUT2D eigenvalue weighted by Gasteiger charge is 2.42. The second-order valence-corrected chi connectivity index (χ2v) is 11.8. The molecule has 0 fully saturated rings. The monoisotopic (exact) mass is 668 g/mol. The van der Waals surface area contributed by atoms with Gasteiger partial charge in [-0.1, -0.05) is 19.1 Å². The fourth-order valence-electron chi connectivity index (χ4n) is 6.57. The molecule has 3 aliphatic carbocycles. The van der Waals surface area contributed by atoms with E-state index in [1.165, 1.54) is 31.2 Å². The molecular weight excluding hydrogens is 646 g/mol. The van der Waals surface area contributed by atoms with E-state index < -0.39 is 35.8 Å². The molecule has 6 nitrogen and oxygen atoms in total. The van der Waals surface area contributed by atoms with Crippen molar-refractivity contribution in [2.75, 3.05) is 0 Å². The first kappa shape index (κ1) is 31.6. The first-order valence-electron chi connectivity index (χ1n) is 14.9. The van der Waals surface area contributed by atoms with Gasteiger partial charge in [0, 0.05) is 11.1 Å². The van der Waals surface area contributed by atoms with Crippen LogP contribution < -0.4 is 14.8 Å². The first-order chi connectivity index (χ1) is 23.4. The van der Waals surface area contributed by atoms with E-state index in [0.717, 1.165) is 46.0 Å². The number of hydrogen-bond donors (Lipinski definition) is 1. The average molecular weight is 669 g/mol. The fourth-order valence-corrected chi connectivity index (χ4v) is 6.57. The van der Waals surface area contributed by atoms with Crippen molar-refractivity contribution in [3.8, 4) is 51.9 Å². The third kappa shape index (κ3) is 5.65. The van der Waals surface area contributed by atoms with Gasteiger partial charge in [-0.15, -0.1) is 0 Å². The van der Waals surface area contributed by atoms with Crippen molar-refractivity contribution < 1.29 is 35.8 Å². The summed E-state index contributed by atoms with van der Waals surface area (Å²) in [6.45, 7) is 1.47. The van der Waals surface area contributed by atoms with E-state index in [1.54, 1.807) is 36.4 Å². The lowest BCUT2D eigenvalue weighted by Crippen LogP contribution is -2.28. The van der Waals surface area contributed by atoms with Gasteiger partial charge < -0.3 is 14.8 Å². The molecule has 3 aliphatic rings. The van der Waals surface area contributed by atoms with E-state index in [4.69, 9.17) is 9.47 Å². The Hall–Kier alpha value is -6.01. The predicted octanol–water partition coefficient (Wildman–Crippen LogP) is 9.58. The summed E-state index contributed by atoms with van der Waals surface area (Å²) in [5, 5.41) is 22.1. The molecule has 0 amide bonds. The minimum Gasteiger partial charge on any atom is -0.458 e. The Kier molecular flexibility index (Phi) is 7.48. The Morgan fingerprint density at radius 1 is 0.714 bits per heavy atom.